The molecule has 6 atom stereocenters. The van der Waals surface area contributed by atoms with Crippen molar-refractivity contribution >= 4 is 23.7 Å². The lowest BCUT2D eigenvalue weighted by Crippen LogP contribution is -2.61. The Kier molecular flexibility index (Phi) is 10.2. The molecule has 172 valence electrons. The minimum Gasteiger partial charge on any atom is -0.480 e. The van der Waals surface area contributed by atoms with Crippen LogP contribution in [-0.4, -0.2) is 81.9 Å². The van der Waals surface area contributed by atoms with E-state index in [4.69, 9.17) is 0 Å². The van der Waals surface area contributed by atoms with E-state index >= 15 is 0 Å². The predicted molar refractivity (Wildman–Crippen MR) is 107 cm³/mol. The number of carboxylic acids is 1. The van der Waals surface area contributed by atoms with E-state index < -0.39 is 60.1 Å². The van der Waals surface area contributed by atoms with E-state index in [0.29, 0.717) is 13.0 Å². The van der Waals surface area contributed by atoms with Crippen molar-refractivity contribution < 1.29 is 34.5 Å². The van der Waals surface area contributed by atoms with E-state index in [1.807, 2.05) is 0 Å². The van der Waals surface area contributed by atoms with Gasteiger partial charge in [0.05, 0.1) is 18.2 Å². The summed E-state index contributed by atoms with van der Waals surface area (Å²) in [5, 5.41) is 39.2. The first kappa shape index (κ1) is 25.8. The summed E-state index contributed by atoms with van der Waals surface area (Å²) < 4.78 is 0. The van der Waals surface area contributed by atoms with Gasteiger partial charge in [-0.2, -0.15) is 0 Å². The van der Waals surface area contributed by atoms with E-state index in [-0.39, 0.29) is 12.3 Å². The highest BCUT2D eigenvalue weighted by molar-refractivity contribution is 5.94. The van der Waals surface area contributed by atoms with Crippen LogP contribution in [0, 0.1) is 5.92 Å². The van der Waals surface area contributed by atoms with Crippen LogP contribution < -0.4 is 21.3 Å². The molecule has 0 aliphatic carbocycles. The van der Waals surface area contributed by atoms with E-state index in [2.05, 4.69) is 21.3 Å². The minimum absolute atomic E-state index is 0.00924. The first-order valence-corrected chi connectivity index (χ1v) is 10.2. The molecule has 0 aromatic carbocycles. The van der Waals surface area contributed by atoms with E-state index in [1.54, 1.807) is 13.8 Å². The molecule has 1 rings (SSSR count). The predicted octanol–water partition coefficient (Wildman–Crippen LogP) is -1.91. The fourth-order valence-electron chi connectivity index (χ4n) is 3.17. The van der Waals surface area contributed by atoms with Gasteiger partial charge in [-0.3, -0.25) is 14.4 Å². The molecule has 1 aliphatic rings. The highest BCUT2D eigenvalue weighted by atomic mass is 16.4. The Morgan fingerprint density at radius 2 is 1.47 bits per heavy atom. The van der Waals surface area contributed by atoms with Crippen LogP contribution in [0.25, 0.3) is 0 Å². The maximum Gasteiger partial charge on any atom is 0.326 e. The average Bonchev–Trinajstić information content (AvgIpc) is 3.16. The minimum atomic E-state index is -1.46. The average molecular weight is 431 g/mol. The topological polar surface area (TPSA) is 177 Å². The van der Waals surface area contributed by atoms with Gasteiger partial charge in [-0.25, -0.2) is 4.79 Å². The molecule has 0 spiro atoms. The molecule has 1 saturated heterocycles. The maximum atomic E-state index is 12.6. The molecule has 1 heterocycles. The van der Waals surface area contributed by atoms with Crippen molar-refractivity contribution in [2.75, 3.05) is 6.54 Å². The highest BCUT2D eigenvalue weighted by Crippen LogP contribution is 2.08. The summed E-state index contributed by atoms with van der Waals surface area (Å²) in [7, 11) is 0. The summed E-state index contributed by atoms with van der Waals surface area (Å²) in [6, 6.07) is -4.47. The first-order valence-electron chi connectivity index (χ1n) is 10.2. The van der Waals surface area contributed by atoms with Crippen molar-refractivity contribution in [1.29, 1.82) is 0 Å². The summed E-state index contributed by atoms with van der Waals surface area (Å²) >= 11 is 0. The molecule has 0 aromatic rings. The molecule has 0 aromatic heterocycles. The largest absolute Gasteiger partial charge is 0.480 e. The second kappa shape index (κ2) is 11.8. The van der Waals surface area contributed by atoms with Crippen LogP contribution in [0.5, 0.6) is 0 Å². The van der Waals surface area contributed by atoms with Gasteiger partial charge in [0, 0.05) is 0 Å². The zero-order valence-electron chi connectivity index (χ0n) is 17.8. The lowest BCUT2D eigenvalue weighted by molar-refractivity contribution is -0.143. The quantitative estimate of drug-likeness (QED) is 0.198. The summed E-state index contributed by atoms with van der Waals surface area (Å²) in [6.45, 7) is 6.85. The molecule has 11 heteroatoms. The molecule has 0 radical (unpaired) electrons. The van der Waals surface area contributed by atoms with Gasteiger partial charge in [0.2, 0.25) is 17.7 Å². The molecule has 11 nitrogen and oxygen atoms in total. The number of aliphatic hydroxyl groups excluding tert-OH is 2. The van der Waals surface area contributed by atoms with Crippen LogP contribution in [0.15, 0.2) is 0 Å². The van der Waals surface area contributed by atoms with Crippen LogP contribution in [0.3, 0.4) is 0 Å². The van der Waals surface area contributed by atoms with Crippen molar-refractivity contribution in [1.82, 2.24) is 21.3 Å². The normalized spacial score (nSPS) is 21.2. The van der Waals surface area contributed by atoms with Gasteiger partial charge in [0.15, 0.2) is 0 Å². The maximum absolute atomic E-state index is 12.6. The number of carbonyl (C=O) groups is 4. The Balaban J connectivity index is 2.84. The number of hydrogen-bond acceptors (Lipinski definition) is 7. The Morgan fingerprint density at radius 1 is 0.933 bits per heavy atom. The number of amides is 3. The highest BCUT2D eigenvalue weighted by Gasteiger charge is 2.35. The standard InChI is InChI=1S/C19H34N4O7/c1-9(2)8-13(19(29)30)21-17(27)14(10(3)24)23-18(28)15(11(4)25)22-16(26)12-6-5-7-20-12/h9-15,20,24-25H,5-8H2,1-4H3,(H,21,27)(H,22,26)(H,23,28)(H,29,30). The van der Waals surface area contributed by atoms with Gasteiger partial charge in [0.25, 0.3) is 0 Å². The van der Waals surface area contributed by atoms with Crippen LogP contribution in [-0.2, 0) is 19.2 Å². The lowest BCUT2D eigenvalue weighted by Gasteiger charge is -2.27. The van der Waals surface area contributed by atoms with Crippen molar-refractivity contribution in [2.24, 2.45) is 5.92 Å². The number of nitrogens with one attached hydrogen (secondary N) is 4. The Hall–Kier alpha value is -2.24. The summed E-state index contributed by atoms with van der Waals surface area (Å²) in [6.07, 6.45) is -1.02. The van der Waals surface area contributed by atoms with E-state index in [9.17, 15) is 34.5 Å². The van der Waals surface area contributed by atoms with Crippen LogP contribution in [0.4, 0.5) is 0 Å². The second-order valence-corrected chi connectivity index (χ2v) is 8.13. The molecule has 1 aliphatic heterocycles. The molecule has 6 unspecified atom stereocenters. The van der Waals surface area contributed by atoms with Gasteiger partial charge < -0.3 is 36.6 Å². The zero-order chi connectivity index (χ0) is 23.0. The van der Waals surface area contributed by atoms with Gasteiger partial charge in [0.1, 0.15) is 18.1 Å². The smallest absolute Gasteiger partial charge is 0.326 e. The lowest BCUT2D eigenvalue weighted by atomic mass is 10.0. The first-order chi connectivity index (χ1) is 13.9. The Morgan fingerprint density at radius 3 is 1.90 bits per heavy atom. The molecule has 1 fully saturated rings. The molecule has 30 heavy (non-hydrogen) atoms. The summed E-state index contributed by atoms with van der Waals surface area (Å²) in [4.78, 5) is 48.8. The zero-order valence-corrected chi connectivity index (χ0v) is 17.8. The molecule has 0 bridgehead atoms. The fraction of sp³-hybridized carbons (Fsp3) is 0.789. The van der Waals surface area contributed by atoms with E-state index in [0.717, 1.165) is 6.42 Å². The third kappa shape index (κ3) is 7.88. The van der Waals surface area contributed by atoms with Gasteiger partial charge in [-0.15, -0.1) is 0 Å². The van der Waals surface area contributed by atoms with Crippen molar-refractivity contribution in [3.63, 3.8) is 0 Å². The number of aliphatic hydroxyl groups is 2. The summed E-state index contributed by atoms with van der Waals surface area (Å²) in [5.41, 5.74) is 0. The SMILES string of the molecule is CC(C)CC(NC(=O)C(NC(=O)C(NC(=O)C1CCCN1)C(C)O)C(C)O)C(=O)O. The summed E-state index contributed by atoms with van der Waals surface area (Å²) in [5.74, 6) is -3.43. The Bertz CT molecular complexity index is 618. The Labute approximate surface area is 176 Å². The number of carboxylic acid groups (broad SMARTS) is 1. The van der Waals surface area contributed by atoms with Crippen molar-refractivity contribution in [3.05, 3.63) is 0 Å². The number of hydrogen-bond donors (Lipinski definition) is 7. The van der Waals surface area contributed by atoms with Crippen LogP contribution >= 0.6 is 0 Å². The molecule has 0 saturated carbocycles. The number of aliphatic carboxylic acids is 1. The number of carbonyl (C=O) groups excluding carboxylic acids is 3. The molecular weight excluding hydrogens is 396 g/mol. The van der Waals surface area contributed by atoms with Crippen molar-refractivity contribution in [2.45, 2.75) is 83.3 Å². The molecule has 7 N–H and O–H groups in total. The monoisotopic (exact) mass is 430 g/mol. The fourth-order valence-corrected chi connectivity index (χ4v) is 3.17. The van der Waals surface area contributed by atoms with Gasteiger partial charge in [-0.05, 0) is 45.6 Å². The third-order valence-electron chi connectivity index (χ3n) is 4.82. The molecular formula is C19H34N4O7. The van der Waals surface area contributed by atoms with Crippen LogP contribution in [0.2, 0.25) is 0 Å². The van der Waals surface area contributed by atoms with Crippen molar-refractivity contribution in [3.8, 4) is 0 Å². The third-order valence-corrected chi connectivity index (χ3v) is 4.82. The van der Waals surface area contributed by atoms with Gasteiger partial charge >= 0.3 is 5.97 Å². The number of rotatable bonds is 11. The van der Waals surface area contributed by atoms with Crippen LogP contribution in [0.1, 0.15) is 47.0 Å². The molecule has 3 amide bonds. The second-order valence-electron chi connectivity index (χ2n) is 8.13. The van der Waals surface area contributed by atoms with Gasteiger partial charge in [-0.1, -0.05) is 13.8 Å². The van der Waals surface area contributed by atoms with E-state index in [1.165, 1.54) is 13.8 Å².